The SMILES string of the molecule is CNC(Cc1cc(Br)cs1)c1ncn[nH]1. The molecule has 1 unspecified atom stereocenters. The fourth-order valence-corrected chi connectivity index (χ4v) is 2.88. The Morgan fingerprint density at radius 3 is 3.07 bits per heavy atom. The van der Waals surface area contributed by atoms with Gasteiger partial charge in [0.1, 0.15) is 12.2 Å². The first-order valence-electron chi connectivity index (χ1n) is 4.55. The van der Waals surface area contributed by atoms with Crippen molar-refractivity contribution in [1.29, 1.82) is 0 Å². The lowest BCUT2D eigenvalue weighted by Gasteiger charge is -2.11. The molecule has 0 aromatic carbocycles. The van der Waals surface area contributed by atoms with Gasteiger partial charge in [-0.05, 0) is 29.0 Å². The minimum Gasteiger partial charge on any atom is -0.310 e. The van der Waals surface area contributed by atoms with E-state index >= 15 is 0 Å². The Balaban J connectivity index is 2.09. The van der Waals surface area contributed by atoms with Gasteiger partial charge in [0.2, 0.25) is 0 Å². The predicted molar refractivity (Wildman–Crippen MR) is 63.9 cm³/mol. The molecule has 2 aromatic rings. The van der Waals surface area contributed by atoms with Gasteiger partial charge < -0.3 is 5.32 Å². The Morgan fingerprint density at radius 2 is 2.53 bits per heavy atom. The summed E-state index contributed by atoms with van der Waals surface area (Å²) >= 11 is 5.19. The van der Waals surface area contributed by atoms with Gasteiger partial charge >= 0.3 is 0 Å². The summed E-state index contributed by atoms with van der Waals surface area (Å²) in [6.45, 7) is 0. The summed E-state index contributed by atoms with van der Waals surface area (Å²) in [5.74, 6) is 0.877. The number of H-pyrrole nitrogens is 1. The molecule has 0 saturated heterocycles. The number of aromatic nitrogens is 3. The zero-order valence-corrected chi connectivity index (χ0v) is 10.6. The monoisotopic (exact) mass is 286 g/mol. The van der Waals surface area contributed by atoms with Gasteiger partial charge in [0.05, 0.1) is 6.04 Å². The van der Waals surface area contributed by atoms with Crippen LogP contribution in [-0.2, 0) is 6.42 Å². The summed E-state index contributed by atoms with van der Waals surface area (Å²) < 4.78 is 1.13. The van der Waals surface area contributed by atoms with Gasteiger partial charge in [-0.2, -0.15) is 5.10 Å². The zero-order chi connectivity index (χ0) is 10.7. The second-order valence-corrected chi connectivity index (χ2v) is 5.06. The number of thiophene rings is 1. The van der Waals surface area contributed by atoms with Crippen molar-refractivity contribution in [2.45, 2.75) is 12.5 Å². The van der Waals surface area contributed by atoms with Crippen LogP contribution in [0.15, 0.2) is 22.2 Å². The normalized spacial score (nSPS) is 12.9. The standard InChI is InChI=1S/C9H11BrN4S/c1-11-8(9-12-5-13-14-9)3-7-2-6(10)4-15-7/h2,4-5,8,11H,3H2,1H3,(H,12,13,14). The van der Waals surface area contributed by atoms with Crippen LogP contribution in [-0.4, -0.2) is 22.2 Å². The molecule has 1 atom stereocenters. The Morgan fingerprint density at radius 1 is 1.67 bits per heavy atom. The van der Waals surface area contributed by atoms with Crippen molar-refractivity contribution < 1.29 is 0 Å². The highest BCUT2D eigenvalue weighted by Crippen LogP contribution is 2.23. The van der Waals surface area contributed by atoms with Crippen LogP contribution in [0.4, 0.5) is 0 Å². The van der Waals surface area contributed by atoms with Crippen LogP contribution in [0.5, 0.6) is 0 Å². The largest absolute Gasteiger partial charge is 0.310 e. The summed E-state index contributed by atoms with van der Waals surface area (Å²) in [5, 5.41) is 12.0. The summed E-state index contributed by atoms with van der Waals surface area (Å²) in [7, 11) is 1.93. The molecule has 0 aliphatic heterocycles. The van der Waals surface area contributed by atoms with Crippen LogP contribution in [0.3, 0.4) is 0 Å². The molecule has 2 heterocycles. The third kappa shape index (κ3) is 2.64. The molecule has 0 aliphatic rings. The zero-order valence-electron chi connectivity index (χ0n) is 8.20. The van der Waals surface area contributed by atoms with Gasteiger partial charge in [-0.1, -0.05) is 0 Å². The fraction of sp³-hybridized carbons (Fsp3) is 0.333. The average Bonchev–Trinajstić information content (AvgIpc) is 2.85. The molecule has 0 fully saturated rings. The van der Waals surface area contributed by atoms with E-state index < -0.39 is 0 Å². The Hall–Kier alpha value is -0.720. The van der Waals surface area contributed by atoms with E-state index in [1.165, 1.54) is 11.2 Å². The number of likely N-dealkylation sites (N-methyl/N-ethyl adjacent to an activating group) is 1. The van der Waals surface area contributed by atoms with E-state index in [9.17, 15) is 0 Å². The summed E-state index contributed by atoms with van der Waals surface area (Å²) in [5.41, 5.74) is 0. The van der Waals surface area contributed by atoms with Crippen LogP contribution in [0.25, 0.3) is 0 Å². The number of halogens is 1. The maximum atomic E-state index is 4.15. The molecule has 6 heteroatoms. The summed E-state index contributed by atoms with van der Waals surface area (Å²) in [6.07, 6.45) is 2.45. The highest BCUT2D eigenvalue weighted by molar-refractivity contribution is 9.10. The van der Waals surface area contributed by atoms with Crippen molar-refractivity contribution in [1.82, 2.24) is 20.5 Å². The lowest BCUT2D eigenvalue weighted by molar-refractivity contribution is 0.563. The molecular weight excluding hydrogens is 276 g/mol. The molecule has 0 aliphatic carbocycles. The first-order chi connectivity index (χ1) is 7.29. The van der Waals surface area contributed by atoms with Crippen LogP contribution in [0.2, 0.25) is 0 Å². The van der Waals surface area contributed by atoms with Crippen molar-refractivity contribution in [2.24, 2.45) is 0 Å². The minimum absolute atomic E-state index is 0.193. The Labute approximate surface area is 100 Å². The van der Waals surface area contributed by atoms with Crippen LogP contribution in [0.1, 0.15) is 16.7 Å². The smallest absolute Gasteiger partial charge is 0.141 e. The number of aromatic amines is 1. The Kier molecular flexibility index (Phi) is 3.50. The van der Waals surface area contributed by atoms with E-state index in [-0.39, 0.29) is 6.04 Å². The lowest BCUT2D eigenvalue weighted by Crippen LogP contribution is -2.19. The van der Waals surface area contributed by atoms with Crippen LogP contribution < -0.4 is 5.32 Å². The van der Waals surface area contributed by atoms with Gasteiger partial charge in [0, 0.05) is 21.2 Å². The van der Waals surface area contributed by atoms with Crippen molar-refractivity contribution in [2.75, 3.05) is 7.05 Å². The minimum atomic E-state index is 0.193. The molecule has 0 saturated carbocycles. The number of rotatable bonds is 4. The van der Waals surface area contributed by atoms with Crippen molar-refractivity contribution in [3.63, 3.8) is 0 Å². The van der Waals surface area contributed by atoms with Gasteiger partial charge in [-0.25, -0.2) is 4.98 Å². The lowest BCUT2D eigenvalue weighted by atomic mass is 10.2. The van der Waals surface area contributed by atoms with E-state index in [0.717, 1.165) is 16.7 Å². The summed E-state index contributed by atoms with van der Waals surface area (Å²) in [6, 6.07) is 2.32. The number of hydrogen-bond acceptors (Lipinski definition) is 4. The van der Waals surface area contributed by atoms with Gasteiger partial charge in [-0.15, -0.1) is 11.3 Å². The molecule has 2 rings (SSSR count). The van der Waals surface area contributed by atoms with Crippen molar-refractivity contribution in [3.8, 4) is 0 Å². The van der Waals surface area contributed by atoms with E-state index in [4.69, 9.17) is 0 Å². The maximum absolute atomic E-state index is 4.15. The molecule has 2 N–H and O–H groups in total. The highest BCUT2D eigenvalue weighted by Gasteiger charge is 2.13. The van der Waals surface area contributed by atoms with Crippen LogP contribution >= 0.6 is 27.3 Å². The second-order valence-electron chi connectivity index (χ2n) is 3.15. The van der Waals surface area contributed by atoms with Crippen LogP contribution in [0, 0.1) is 0 Å². The molecule has 2 aromatic heterocycles. The highest BCUT2D eigenvalue weighted by atomic mass is 79.9. The topological polar surface area (TPSA) is 53.6 Å². The second kappa shape index (κ2) is 4.87. The predicted octanol–water partition coefficient (Wildman–Crippen LogP) is 2.13. The summed E-state index contributed by atoms with van der Waals surface area (Å²) in [4.78, 5) is 5.47. The van der Waals surface area contributed by atoms with E-state index in [2.05, 4.69) is 47.9 Å². The molecule has 80 valence electrons. The molecule has 0 spiro atoms. The number of hydrogen-bond donors (Lipinski definition) is 2. The molecule has 4 nitrogen and oxygen atoms in total. The quantitative estimate of drug-likeness (QED) is 0.905. The van der Waals surface area contributed by atoms with Crippen molar-refractivity contribution >= 4 is 27.3 Å². The van der Waals surface area contributed by atoms with Gasteiger partial charge in [0.15, 0.2) is 0 Å². The van der Waals surface area contributed by atoms with E-state index in [0.29, 0.717) is 0 Å². The van der Waals surface area contributed by atoms with Gasteiger partial charge in [-0.3, -0.25) is 5.10 Å². The first kappa shape index (κ1) is 10.8. The third-order valence-electron chi connectivity index (χ3n) is 2.14. The van der Waals surface area contributed by atoms with Crippen molar-refractivity contribution in [3.05, 3.63) is 32.9 Å². The first-order valence-corrected chi connectivity index (χ1v) is 6.22. The number of nitrogens with one attached hydrogen (secondary N) is 2. The fourth-order valence-electron chi connectivity index (χ4n) is 1.38. The molecular formula is C9H11BrN4S. The number of nitrogens with zero attached hydrogens (tertiary/aromatic N) is 2. The Bertz CT molecular complexity index is 411. The maximum Gasteiger partial charge on any atom is 0.141 e. The van der Waals surface area contributed by atoms with E-state index in [1.807, 2.05) is 7.05 Å². The van der Waals surface area contributed by atoms with Gasteiger partial charge in [0.25, 0.3) is 0 Å². The molecule has 0 radical (unpaired) electrons. The molecule has 0 amide bonds. The molecule has 15 heavy (non-hydrogen) atoms. The molecule has 0 bridgehead atoms. The third-order valence-corrected chi connectivity index (χ3v) is 3.86. The average molecular weight is 287 g/mol. The van der Waals surface area contributed by atoms with E-state index in [1.54, 1.807) is 11.3 Å².